The minimum Gasteiger partial charge on any atom is -0.482 e. The molecule has 0 N–H and O–H groups in total. The molecule has 0 aromatic heterocycles. The third-order valence-electron chi connectivity index (χ3n) is 2.15. The molecule has 0 spiro atoms. The van der Waals surface area contributed by atoms with Crippen molar-refractivity contribution in [1.82, 2.24) is 0 Å². The fourth-order valence-corrected chi connectivity index (χ4v) is 1.55. The van der Waals surface area contributed by atoms with E-state index in [-0.39, 0.29) is 5.78 Å². The van der Waals surface area contributed by atoms with Crippen LogP contribution in [0.2, 0.25) is 0 Å². The minimum absolute atomic E-state index is 0.210. The first kappa shape index (κ1) is 12.2. The maximum Gasteiger partial charge on any atom is 0.162 e. The summed E-state index contributed by atoms with van der Waals surface area (Å²) in [4.78, 5) is 11.6. The van der Waals surface area contributed by atoms with Gasteiger partial charge < -0.3 is 4.74 Å². The smallest absolute Gasteiger partial charge is 0.162 e. The van der Waals surface area contributed by atoms with Crippen LogP contribution in [0.15, 0.2) is 24.3 Å². The van der Waals surface area contributed by atoms with E-state index in [1.807, 2.05) is 24.3 Å². The predicted molar refractivity (Wildman–Crippen MR) is 64.7 cm³/mol. The summed E-state index contributed by atoms with van der Waals surface area (Å²) in [5, 5.41) is 0. The first-order chi connectivity index (χ1) is 7.27. The number of ketones is 1. The summed E-state index contributed by atoms with van der Waals surface area (Å²) in [6.45, 7) is 2.08. The van der Waals surface area contributed by atoms with E-state index in [1.54, 1.807) is 0 Å². The van der Waals surface area contributed by atoms with E-state index in [2.05, 4.69) is 22.9 Å². The molecule has 1 aromatic carbocycles. The molecule has 82 valence electrons. The monoisotopic (exact) mass is 270 g/mol. The highest BCUT2D eigenvalue weighted by molar-refractivity contribution is 9.09. The molecule has 0 radical (unpaired) electrons. The van der Waals surface area contributed by atoms with Gasteiger partial charge in [0.1, 0.15) is 11.3 Å². The van der Waals surface area contributed by atoms with Gasteiger partial charge in [-0.1, -0.05) is 13.3 Å². The molecular formula is C12H15BrO2. The lowest BCUT2D eigenvalue weighted by Gasteiger charge is -2.03. The Kier molecular flexibility index (Phi) is 5.40. The molecule has 2 nitrogen and oxygen atoms in total. The summed E-state index contributed by atoms with van der Waals surface area (Å²) < 4.78 is 5.23. The third kappa shape index (κ3) is 4.04. The number of hydrogen-bond acceptors (Lipinski definition) is 2. The molecule has 0 aliphatic carbocycles. The van der Waals surface area contributed by atoms with Gasteiger partial charge in [-0.15, -0.1) is 0 Å². The van der Waals surface area contributed by atoms with Gasteiger partial charge in [-0.2, -0.15) is 0 Å². The van der Waals surface area contributed by atoms with E-state index in [4.69, 9.17) is 4.74 Å². The molecule has 15 heavy (non-hydrogen) atoms. The van der Waals surface area contributed by atoms with Gasteiger partial charge in [0.2, 0.25) is 0 Å². The van der Waals surface area contributed by atoms with E-state index in [0.29, 0.717) is 11.9 Å². The molecule has 0 unspecified atom stereocenters. The Morgan fingerprint density at radius 3 is 2.53 bits per heavy atom. The van der Waals surface area contributed by atoms with Crippen LogP contribution in [0, 0.1) is 0 Å². The van der Waals surface area contributed by atoms with Crippen LogP contribution in [0.4, 0.5) is 0 Å². The van der Waals surface area contributed by atoms with Crippen LogP contribution < -0.4 is 4.74 Å². The summed E-state index contributed by atoms with van der Waals surface area (Å²) in [6, 6.07) is 7.27. The number of carbonyl (C=O) groups excluding carboxylic acids is 1. The number of alkyl halides is 1. The predicted octanol–water partition coefficient (Wildman–Crippen LogP) is 3.79. The zero-order valence-electron chi connectivity index (χ0n) is 8.83. The highest BCUT2D eigenvalue weighted by Crippen LogP contribution is 2.14. The summed E-state index contributed by atoms with van der Waals surface area (Å²) >= 11 is 3.18. The minimum atomic E-state index is 0.210. The molecule has 0 amide bonds. The zero-order chi connectivity index (χ0) is 11.1. The maximum atomic E-state index is 11.6. The SMILES string of the molecule is CCCCC(=O)c1ccc(OCBr)cc1. The van der Waals surface area contributed by atoms with Gasteiger partial charge in [0, 0.05) is 12.0 Å². The number of benzene rings is 1. The van der Waals surface area contributed by atoms with Crippen LogP contribution >= 0.6 is 15.9 Å². The molecule has 1 aromatic rings. The van der Waals surface area contributed by atoms with Crippen LogP contribution in [0.3, 0.4) is 0 Å². The number of hydrogen-bond donors (Lipinski definition) is 0. The maximum absolute atomic E-state index is 11.6. The van der Waals surface area contributed by atoms with E-state index < -0.39 is 0 Å². The highest BCUT2D eigenvalue weighted by Gasteiger charge is 2.04. The van der Waals surface area contributed by atoms with Crippen LogP contribution in [0.25, 0.3) is 0 Å². The van der Waals surface area contributed by atoms with Crippen LogP contribution in [-0.2, 0) is 0 Å². The first-order valence-electron chi connectivity index (χ1n) is 5.10. The number of Topliss-reactive ketones (excluding diaryl/α,β-unsaturated/α-hetero) is 1. The average molecular weight is 271 g/mol. The van der Waals surface area contributed by atoms with Crippen molar-refractivity contribution in [3.63, 3.8) is 0 Å². The van der Waals surface area contributed by atoms with E-state index in [0.717, 1.165) is 24.2 Å². The topological polar surface area (TPSA) is 26.3 Å². The van der Waals surface area contributed by atoms with Crippen molar-refractivity contribution in [2.24, 2.45) is 0 Å². The van der Waals surface area contributed by atoms with Crippen LogP contribution in [0.1, 0.15) is 36.5 Å². The largest absolute Gasteiger partial charge is 0.482 e. The Labute approximate surface area is 98.8 Å². The van der Waals surface area contributed by atoms with Gasteiger partial charge in [-0.3, -0.25) is 4.79 Å². The summed E-state index contributed by atoms with van der Waals surface area (Å²) in [6.07, 6.45) is 2.64. The molecule has 3 heteroatoms. The van der Waals surface area contributed by atoms with Crippen LogP contribution in [-0.4, -0.2) is 11.3 Å². The normalized spacial score (nSPS) is 10.0. The highest BCUT2D eigenvalue weighted by atomic mass is 79.9. The number of halogens is 1. The number of carbonyl (C=O) groups is 1. The van der Waals surface area contributed by atoms with E-state index in [9.17, 15) is 4.79 Å². The molecule has 0 atom stereocenters. The van der Waals surface area contributed by atoms with Crippen molar-refractivity contribution in [3.05, 3.63) is 29.8 Å². The second-order valence-corrected chi connectivity index (χ2v) is 3.76. The Morgan fingerprint density at radius 1 is 1.33 bits per heavy atom. The first-order valence-corrected chi connectivity index (χ1v) is 6.22. The van der Waals surface area contributed by atoms with Crippen molar-refractivity contribution in [1.29, 1.82) is 0 Å². The van der Waals surface area contributed by atoms with Gasteiger partial charge >= 0.3 is 0 Å². The summed E-state index contributed by atoms with van der Waals surface area (Å²) in [5.41, 5.74) is 1.24. The Bertz CT molecular complexity index is 306. The molecule has 0 saturated heterocycles. The van der Waals surface area contributed by atoms with E-state index >= 15 is 0 Å². The number of ether oxygens (including phenoxy) is 1. The lowest BCUT2D eigenvalue weighted by atomic mass is 10.1. The lowest BCUT2D eigenvalue weighted by molar-refractivity contribution is 0.0980. The van der Waals surface area contributed by atoms with Gasteiger partial charge in [0.05, 0.1) is 0 Å². The van der Waals surface area contributed by atoms with Gasteiger partial charge in [0.15, 0.2) is 5.78 Å². The fourth-order valence-electron chi connectivity index (χ4n) is 1.28. The van der Waals surface area contributed by atoms with Gasteiger partial charge in [0.25, 0.3) is 0 Å². The second-order valence-electron chi connectivity index (χ2n) is 3.30. The van der Waals surface area contributed by atoms with Crippen LogP contribution in [0.5, 0.6) is 5.75 Å². The molecule has 0 aliphatic rings. The summed E-state index contributed by atoms with van der Waals surface area (Å²) in [7, 11) is 0. The van der Waals surface area contributed by atoms with Crippen molar-refractivity contribution in [2.45, 2.75) is 26.2 Å². The standard InChI is InChI=1S/C12H15BrO2/c1-2-3-4-12(14)10-5-7-11(8-6-10)15-9-13/h5-8H,2-4,9H2,1H3. The van der Waals surface area contributed by atoms with Crippen molar-refractivity contribution in [2.75, 3.05) is 5.52 Å². The molecule has 0 aliphatic heterocycles. The molecule has 1 rings (SSSR count). The molecule has 0 heterocycles. The number of unbranched alkanes of at least 4 members (excludes halogenated alkanes) is 1. The quantitative estimate of drug-likeness (QED) is 0.581. The zero-order valence-corrected chi connectivity index (χ0v) is 10.4. The second kappa shape index (κ2) is 6.62. The average Bonchev–Trinajstić information content (AvgIpc) is 2.27. The molecule has 0 fully saturated rings. The Balaban J connectivity index is 2.58. The number of rotatable bonds is 6. The molecule has 0 saturated carbocycles. The van der Waals surface area contributed by atoms with Crippen molar-refractivity contribution >= 4 is 21.7 Å². The van der Waals surface area contributed by atoms with E-state index in [1.165, 1.54) is 0 Å². The summed E-state index contributed by atoms with van der Waals surface area (Å²) in [5.74, 6) is 0.987. The van der Waals surface area contributed by atoms with Gasteiger partial charge in [-0.05, 0) is 46.6 Å². The Hall–Kier alpha value is -0.830. The Morgan fingerprint density at radius 2 is 2.00 bits per heavy atom. The molecular weight excluding hydrogens is 256 g/mol. The van der Waals surface area contributed by atoms with Crippen molar-refractivity contribution < 1.29 is 9.53 Å². The van der Waals surface area contributed by atoms with Gasteiger partial charge in [-0.25, -0.2) is 0 Å². The molecule has 0 bridgehead atoms. The fraction of sp³-hybridized carbons (Fsp3) is 0.417. The third-order valence-corrected chi connectivity index (χ3v) is 2.38. The van der Waals surface area contributed by atoms with Crippen molar-refractivity contribution in [3.8, 4) is 5.75 Å². The lowest BCUT2D eigenvalue weighted by Crippen LogP contribution is -1.98.